The summed E-state index contributed by atoms with van der Waals surface area (Å²) in [6.07, 6.45) is 1.08. The van der Waals surface area contributed by atoms with Crippen LogP contribution in [0.2, 0.25) is 0 Å². The summed E-state index contributed by atoms with van der Waals surface area (Å²) >= 11 is -3.85. The number of carbonyl (C=O) groups is 1. The van der Waals surface area contributed by atoms with Gasteiger partial charge in [-0.15, -0.1) is 0 Å². The van der Waals surface area contributed by atoms with Crippen molar-refractivity contribution in [1.82, 2.24) is 10.3 Å². The molecule has 2 aromatic rings. The molecule has 2 heterocycles. The molecule has 1 amide bonds. The van der Waals surface area contributed by atoms with Crippen LogP contribution in [0.4, 0.5) is 4.39 Å². The van der Waals surface area contributed by atoms with Gasteiger partial charge in [-0.2, -0.15) is 0 Å². The van der Waals surface area contributed by atoms with Crippen LogP contribution in [0.15, 0.2) is 30.3 Å². The van der Waals surface area contributed by atoms with Crippen LogP contribution >= 0.6 is 18.7 Å². The Morgan fingerprint density at radius 1 is 1.39 bits per heavy atom. The average Bonchev–Trinajstić information content (AvgIpc) is 2.83. The van der Waals surface area contributed by atoms with Crippen molar-refractivity contribution in [3.8, 4) is 17.0 Å². The van der Waals surface area contributed by atoms with Crippen molar-refractivity contribution in [2.75, 3.05) is 11.2 Å². The standard InChI is InChI=1S/C15H15FIN3O3/c16-11-3-1-10(2-4-11)14-15-13(17(18,22)8-23-15)7-12(20-14)5-6-19-9-21/h1-4,7,9H,5-6,8H2,(H2,18,22)(H,19,21). The number of fused-ring (bicyclic) bond motifs is 1. The normalized spacial score (nSPS) is 21.8. The van der Waals surface area contributed by atoms with Crippen LogP contribution < -0.4 is 14.0 Å². The van der Waals surface area contributed by atoms with Gasteiger partial charge >= 0.3 is 136 Å². The molecule has 0 fully saturated rings. The van der Waals surface area contributed by atoms with Gasteiger partial charge in [0.1, 0.15) is 0 Å². The van der Waals surface area contributed by atoms with Gasteiger partial charge in [0.05, 0.1) is 0 Å². The minimum atomic E-state index is -3.85. The zero-order valence-corrected chi connectivity index (χ0v) is 14.2. The number of rotatable bonds is 5. The minimum absolute atomic E-state index is 0.00626. The summed E-state index contributed by atoms with van der Waals surface area (Å²) in [4.78, 5) is 14.9. The molecule has 3 N–H and O–H groups in total. The Labute approximate surface area is 136 Å². The van der Waals surface area contributed by atoms with Gasteiger partial charge < -0.3 is 0 Å². The van der Waals surface area contributed by atoms with Crippen molar-refractivity contribution in [2.24, 2.45) is 3.95 Å². The number of ether oxygens (including phenoxy) is 1. The van der Waals surface area contributed by atoms with Gasteiger partial charge in [0.2, 0.25) is 0 Å². The second kappa shape index (κ2) is 6.28. The molecule has 1 unspecified atom stereocenters. The van der Waals surface area contributed by atoms with Gasteiger partial charge in [-0.3, -0.25) is 0 Å². The Morgan fingerprint density at radius 2 is 2.13 bits per heavy atom. The van der Waals surface area contributed by atoms with Crippen LogP contribution in [-0.2, 0) is 14.3 Å². The number of alkyl halides is 1. The molecule has 1 aromatic carbocycles. The van der Waals surface area contributed by atoms with Gasteiger partial charge in [0.25, 0.3) is 0 Å². The van der Waals surface area contributed by atoms with E-state index in [0.717, 1.165) is 0 Å². The molecule has 6 nitrogen and oxygen atoms in total. The predicted octanol–water partition coefficient (Wildman–Crippen LogP) is 1.96. The molecule has 0 spiro atoms. The summed E-state index contributed by atoms with van der Waals surface area (Å²) in [5.74, 6) is 0.0596. The van der Waals surface area contributed by atoms with Crippen LogP contribution in [0.3, 0.4) is 0 Å². The molecule has 8 heteroatoms. The number of pyridine rings is 1. The number of halogens is 2. The molecule has 1 aliphatic rings. The first-order valence-corrected chi connectivity index (χ1v) is 11.6. The molecular formula is C15H15FIN3O3. The molecule has 0 saturated heterocycles. The van der Waals surface area contributed by atoms with Gasteiger partial charge in [-0.05, 0) is 0 Å². The summed E-state index contributed by atoms with van der Waals surface area (Å²) in [6, 6.07) is 7.51. The van der Waals surface area contributed by atoms with Crippen molar-refractivity contribution in [3.05, 3.63) is 45.4 Å². The molecule has 0 aliphatic carbocycles. The number of nitrogens with one attached hydrogen (secondary N) is 1. The van der Waals surface area contributed by atoms with Crippen molar-refractivity contribution >= 4 is 25.1 Å². The van der Waals surface area contributed by atoms with Gasteiger partial charge in [-0.1, -0.05) is 0 Å². The SMILES string of the molecule is NI1(=O)COc2c1cc(CCNC=O)nc2-c1ccc(F)cc1. The van der Waals surface area contributed by atoms with E-state index in [-0.39, 0.29) is 10.4 Å². The topological polar surface area (TPSA) is 94.3 Å². The summed E-state index contributed by atoms with van der Waals surface area (Å²) in [5, 5.41) is 2.56. The van der Waals surface area contributed by atoms with Crippen LogP contribution in [0, 0.1) is 9.39 Å². The van der Waals surface area contributed by atoms with E-state index in [4.69, 9.17) is 8.68 Å². The Balaban J connectivity index is 2.08. The monoisotopic (exact) mass is 431 g/mol. The van der Waals surface area contributed by atoms with Gasteiger partial charge in [-0.25, -0.2) is 0 Å². The van der Waals surface area contributed by atoms with Gasteiger partial charge in [0, 0.05) is 0 Å². The molecular weight excluding hydrogens is 416 g/mol. The van der Waals surface area contributed by atoms with Crippen LogP contribution in [0.25, 0.3) is 11.3 Å². The number of amides is 1. The van der Waals surface area contributed by atoms with Crippen LogP contribution in [0.5, 0.6) is 5.75 Å². The Hall–Kier alpha value is -1.94. The first-order valence-electron chi connectivity index (χ1n) is 6.84. The van der Waals surface area contributed by atoms with E-state index < -0.39 is 18.7 Å². The Kier molecular flexibility index (Phi) is 4.35. The van der Waals surface area contributed by atoms with E-state index in [9.17, 15) is 12.3 Å². The van der Waals surface area contributed by atoms with Crippen molar-refractivity contribution < 1.29 is 17.0 Å². The zero-order chi connectivity index (χ0) is 16.4. The quantitative estimate of drug-likeness (QED) is 0.248. The van der Waals surface area contributed by atoms with Gasteiger partial charge in [0.15, 0.2) is 0 Å². The Morgan fingerprint density at radius 3 is 2.83 bits per heavy atom. The number of benzene rings is 1. The number of aromatic nitrogens is 1. The molecule has 23 heavy (non-hydrogen) atoms. The molecule has 0 bridgehead atoms. The second-order valence-electron chi connectivity index (χ2n) is 5.03. The first kappa shape index (κ1) is 15.9. The third kappa shape index (κ3) is 3.22. The van der Waals surface area contributed by atoms with E-state index in [1.54, 1.807) is 18.2 Å². The average molecular weight is 431 g/mol. The third-order valence-corrected chi connectivity index (χ3v) is 7.42. The van der Waals surface area contributed by atoms with Crippen LogP contribution in [0.1, 0.15) is 5.69 Å². The number of hydrogen-bond acceptors (Lipinski definition) is 4. The third-order valence-electron chi connectivity index (χ3n) is 3.41. The van der Waals surface area contributed by atoms with E-state index in [1.807, 2.05) is 0 Å². The molecule has 0 radical (unpaired) electrons. The molecule has 0 saturated carbocycles. The Bertz CT molecular complexity index is 795. The van der Waals surface area contributed by atoms with Crippen molar-refractivity contribution in [1.29, 1.82) is 0 Å². The number of carbonyl (C=O) groups excluding carboxylic acids is 1. The predicted molar refractivity (Wildman–Crippen MR) is 90.5 cm³/mol. The summed E-state index contributed by atoms with van der Waals surface area (Å²) in [5.41, 5.74) is 1.80. The fourth-order valence-electron chi connectivity index (χ4n) is 2.31. The molecule has 3 rings (SSSR count). The maximum atomic E-state index is 13.1. The molecule has 1 aromatic heterocycles. The number of nitrogens with two attached hydrogens (primary N) is 1. The zero-order valence-electron chi connectivity index (χ0n) is 12.1. The van der Waals surface area contributed by atoms with Crippen LogP contribution in [-0.4, -0.2) is 22.6 Å². The fourth-order valence-corrected chi connectivity index (χ4v) is 5.55. The van der Waals surface area contributed by atoms with E-state index in [1.165, 1.54) is 12.1 Å². The van der Waals surface area contributed by atoms with E-state index in [0.29, 0.717) is 45.6 Å². The first-order chi connectivity index (χ1) is 11.0. The van der Waals surface area contributed by atoms with Crippen molar-refractivity contribution in [2.45, 2.75) is 6.42 Å². The number of hydrogen-bond donors (Lipinski definition) is 2. The molecule has 122 valence electrons. The summed E-state index contributed by atoms with van der Waals surface area (Å²) < 4.78 is 37.6. The van der Waals surface area contributed by atoms with E-state index in [2.05, 4.69) is 10.3 Å². The fraction of sp³-hybridized carbons (Fsp3) is 0.200. The van der Waals surface area contributed by atoms with E-state index >= 15 is 0 Å². The number of nitrogens with zero attached hydrogens (tertiary/aromatic N) is 1. The van der Waals surface area contributed by atoms with Crippen molar-refractivity contribution in [3.63, 3.8) is 0 Å². The summed E-state index contributed by atoms with van der Waals surface area (Å²) in [6.45, 7) is 0.404. The second-order valence-corrected chi connectivity index (χ2v) is 10.7. The summed E-state index contributed by atoms with van der Waals surface area (Å²) in [7, 11) is 0. The maximum absolute atomic E-state index is 13.1. The molecule has 1 aliphatic heterocycles. The molecule has 1 atom stereocenters.